The first-order valence-corrected chi connectivity index (χ1v) is 8.45. The monoisotopic (exact) mass is 369 g/mol. The van der Waals surface area contributed by atoms with Gasteiger partial charge in [-0.2, -0.15) is 0 Å². The van der Waals surface area contributed by atoms with Crippen molar-refractivity contribution in [3.8, 4) is 11.8 Å². The van der Waals surface area contributed by atoms with Gasteiger partial charge < -0.3 is 4.90 Å². The summed E-state index contributed by atoms with van der Waals surface area (Å²) in [6, 6.07) is 6.27. The second-order valence-electron chi connectivity index (χ2n) is 6.27. The normalized spacial score (nSPS) is 13.7. The molecule has 2 heterocycles. The zero-order valence-electron chi connectivity index (χ0n) is 14.7. The van der Waals surface area contributed by atoms with Crippen LogP contribution in [0.2, 0.25) is 0 Å². The zero-order chi connectivity index (χ0) is 19.4. The number of pyridine rings is 1. The van der Waals surface area contributed by atoms with Crippen LogP contribution < -0.4 is 4.90 Å². The van der Waals surface area contributed by atoms with Crippen molar-refractivity contribution in [3.05, 3.63) is 75.0 Å². The summed E-state index contributed by atoms with van der Waals surface area (Å²) in [4.78, 5) is 17.0. The van der Waals surface area contributed by atoms with Gasteiger partial charge in [0.1, 0.15) is 11.6 Å². The van der Waals surface area contributed by atoms with Crippen LogP contribution in [0.1, 0.15) is 24.1 Å². The van der Waals surface area contributed by atoms with Crippen LogP contribution in [0.3, 0.4) is 0 Å². The molecule has 0 saturated carbocycles. The van der Waals surface area contributed by atoms with E-state index in [1.54, 1.807) is 19.1 Å². The van der Waals surface area contributed by atoms with E-state index in [0.717, 1.165) is 17.3 Å². The summed E-state index contributed by atoms with van der Waals surface area (Å²) in [6.07, 6.45) is 3.14. The van der Waals surface area contributed by atoms with Gasteiger partial charge in [0.05, 0.1) is 4.92 Å². The Labute approximate surface area is 155 Å². The van der Waals surface area contributed by atoms with E-state index in [1.807, 2.05) is 4.90 Å². The number of piperidine rings is 1. The Morgan fingerprint density at radius 3 is 2.48 bits per heavy atom. The SMILES string of the molecule is Cc1ccc([N+](=O)[O-])c(N2CCC(=CC#Cc3cc(F)cc(F)c3)CC2)n1. The topological polar surface area (TPSA) is 59.3 Å². The minimum Gasteiger partial charge on any atom is -0.350 e. The van der Waals surface area contributed by atoms with Crippen LogP contribution in [-0.2, 0) is 0 Å². The van der Waals surface area contributed by atoms with Crippen LogP contribution in [0.5, 0.6) is 0 Å². The second-order valence-corrected chi connectivity index (χ2v) is 6.27. The zero-order valence-corrected chi connectivity index (χ0v) is 14.7. The lowest BCUT2D eigenvalue weighted by atomic mass is 10.0. The minimum atomic E-state index is -0.660. The first-order valence-electron chi connectivity index (χ1n) is 8.45. The summed E-state index contributed by atoms with van der Waals surface area (Å²) in [5.41, 5.74) is 2.10. The Kier molecular flexibility index (Phi) is 5.46. The van der Waals surface area contributed by atoms with E-state index < -0.39 is 16.6 Å². The van der Waals surface area contributed by atoms with Gasteiger partial charge in [-0.05, 0) is 44.0 Å². The average molecular weight is 369 g/mol. The van der Waals surface area contributed by atoms with Gasteiger partial charge in [0.2, 0.25) is 5.82 Å². The first kappa shape index (κ1) is 18.5. The Balaban J connectivity index is 1.69. The molecule has 1 aliphatic rings. The number of anilines is 1. The second kappa shape index (κ2) is 7.96. The maximum absolute atomic E-state index is 13.1. The summed E-state index contributed by atoms with van der Waals surface area (Å²) in [6.45, 7) is 2.99. The molecule has 0 unspecified atom stereocenters. The first-order chi connectivity index (χ1) is 12.9. The van der Waals surface area contributed by atoms with E-state index in [4.69, 9.17) is 0 Å². The molecular formula is C20H17F2N3O2. The molecule has 1 saturated heterocycles. The molecule has 27 heavy (non-hydrogen) atoms. The lowest BCUT2D eigenvalue weighted by molar-refractivity contribution is -0.384. The molecule has 5 nitrogen and oxygen atoms in total. The quantitative estimate of drug-likeness (QED) is 0.453. The fraction of sp³-hybridized carbons (Fsp3) is 0.250. The lowest BCUT2D eigenvalue weighted by Gasteiger charge is -2.28. The van der Waals surface area contributed by atoms with Crippen molar-refractivity contribution in [3.63, 3.8) is 0 Å². The molecule has 3 rings (SSSR count). The number of aryl methyl sites for hydroxylation is 1. The molecule has 1 aromatic carbocycles. The Morgan fingerprint density at radius 1 is 1.19 bits per heavy atom. The molecule has 0 radical (unpaired) electrons. The molecule has 7 heteroatoms. The van der Waals surface area contributed by atoms with Gasteiger partial charge in [-0.15, -0.1) is 0 Å². The molecule has 0 N–H and O–H groups in total. The van der Waals surface area contributed by atoms with Crippen molar-refractivity contribution in [2.75, 3.05) is 18.0 Å². The molecule has 1 fully saturated rings. The number of hydrogen-bond donors (Lipinski definition) is 0. The van der Waals surface area contributed by atoms with E-state index in [2.05, 4.69) is 16.8 Å². The Morgan fingerprint density at radius 2 is 1.85 bits per heavy atom. The van der Waals surface area contributed by atoms with Crippen molar-refractivity contribution in [2.45, 2.75) is 19.8 Å². The number of nitro groups is 1. The fourth-order valence-corrected chi connectivity index (χ4v) is 2.91. The summed E-state index contributed by atoms with van der Waals surface area (Å²) in [5, 5.41) is 11.2. The van der Waals surface area contributed by atoms with Crippen molar-refractivity contribution >= 4 is 11.5 Å². The molecule has 0 bridgehead atoms. The van der Waals surface area contributed by atoms with E-state index in [0.29, 0.717) is 31.7 Å². The van der Waals surface area contributed by atoms with E-state index >= 15 is 0 Å². The number of hydrogen-bond acceptors (Lipinski definition) is 4. The van der Waals surface area contributed by atoms with Gasteiger partial charge in [0.15, 0.2) is 0 Å². The smallest absolute Gasteiger partial charge is 0.311 e. The number of halogens is 2. The molecule has 0 atom stereocenters. The van der Waals surface area contributed by atoms with Crippen LogP contribution in [0.15, 0.2) is 42.0 Å². The van der Waals surface area contributed by atoms with Crippen LogP contribution in [0.25, 0.3) is 0 Å². The molecular weight excluding hydrogens is 352 g/mol. The van der Waals surface area contributed by atoms with Crippen LogP contribution in [0.4, 0.5) is 20.3 Å². The average Bonchev–Trinajstić information content (AvgIpc) is 2.61. The van der Waals surface area contributed by atoms with Crippen LogP contribution >= 0.6 is 0 Å². The standard InChI is InChI=1S/C20H17F2N3O2/c1-14-5-6-19(25(26)27)20(23-14)24-9-7-15(8-10-24)3-2-4-16-11-17(21)13-18(22)12-16/h3,5-6,11-13H,7-10H2,1H3. The third-order valence-electron chi connectivity index (χ3n) is 4.25. The van der Waals surface area contributed by atoms with Gasteiger partial charge in [-0.3, -0.25) is 10.1 Å². The lowest BCUT2D eigenvalue weighted by Crippen LogP contribution is -2.32. The summed E-state index contributed by atoms with van der Waals surface area (Å²) in [7, 11) is 0. The number of nitrogens with zero attached hydrogens (tertiary/aromatic N) is 3. The highest BCUT2D eigenvalue weighted by Gasteiger charge is 2.23. The van der Waals surface area contributed by atoms with E-state index in [1.165, 1.54) is 18.2 Å². The van der Waals surface area contributed by atoms with Crippen LogP contribution in [0, 0.1) is 40.5 Å². The largest absolute Gasteiger partial charge is 0.350 e. The van der Waals surface area contributed by atoms with Crippen molar-refractivity contribution in [1.82, 2.24) is 4.98 Å². The fourth-order valence-electron chi connectivity index (χ4n) is 2.91. The highest BCUT2D eigenvalue weighted by atomic mass is 19.1. The molecule has 0 amide bonds. The van der Waals surface area contributed by atoms with Gasteiger partial charge in [-0.1, -0.05) is 17.4 Å². The Hall–Kier alpha value is -3.27. The van der Waals surface area contributed by atoms with Gasteiger partial charge >= 0.3 is 5.69 Å². The predicted molar refractivity (Wildman–Crippen MR) is 98.4 cm³/mol. The highest BCUT2D eigenvalue weighted by molar-refractivity contribution is 5.58. The maximum Gasteiger partial charge on any atom is 0.311 e. The Bertz CT molecular complexity index is 947. The van der Waals surface area contributed by atoms with Crippen LogP contribution in [-0.4, -0.2) is 23.0 Å². The third kappa shape index (κ3) is 4.67. The minimum absolute atomic E-state index is 0.000882. The van der Waals surface area contributed by atoms with Gasteiger partial charge in [0.25, 0.3) is 0 Å². The number of benzene rings is 1. The third-order valence-corrected chi connectivity index (χ3v) is 4.25. The number of allylic oxidation sites excluding steroid dienone is 1. The summed E-state index contributed by atoms with van der Waals surface area (Å²) >= 11 is 0. The van der Waals surface area contributed by atoms with E-state index in [-0.39, 0.29) is 11.3 Å². The molecule has 0 aliphatic carbocycles. The van der Waals surface area contributed by atoms with Crippen molar-refractivity contribution in [2.24, 2.45) is 0 Å². The molecule has 1 aromatic heterocycles. The highest BCUT2D eigenvalue weighted by Crippen LogP contribution is 2.29. The number of aromatic nitrogens is 1. The summed E-state index contributed by atoms with van der Waals surface area (Å²) < 4.78 is 26.3. The molecule has 1 aliphatic heterocycles. The predicted octanol–water partition coefficient (Wildman–Crippen LogP) is 4.15. The van der Waals surface area contributed by atoms with Gasteiger partial charge in [0, 0.05) is 36.5 Å². The molecule has 2 aromatic rings. The maximum atomic E-state index is 13.1. The summed E-state index contributed by atoms with van der Waals surface area (Å²) in [5.74, 6) is 4.63. The van der Waals surface area contributed by atoms with Crippen molar-refractivity contribution in [1.29, 1.82) is 0 Å². The van der Waals surface area contributed by atoms with E-state index in [9.17, 15) is 18.9 Å². The molecule has 138 valence electrons. The van der Waals surface area contributed by atoms with Gasteiger partial charge in [-0.25, -0.2) is 13.8 Å². The van der Waals surface area contributed by atoms with Crippen molar-refractivity contribution < 1.29 is 13.7 Å². The molecule has 0 spiro atoms. The number of rotatable bonds is 2.